The minimum absolute atomic E-state index is 0.000108. The van der Waals surface area contributed by atoms with Crippen LogP contribution in [0.15, 0.2) is 9.59 Å². The lowest BCUT2D eigenvalue weighted by molar-refractivity contribution is -0.132. The molecule has 1 aliphatic rings. The van der Waals surface area contributed by atoms with Gasteiger partial charge in [0.2, 0.25) is 11.8 Å². The lowest BCUT2D eigenvalue weighted by Crippen LogP contribution is -2.36. The summed E-state index contributed by atoms with van der Waals surface area (Å²) in [6, 6.07) is 0. The third-order valence-corrected chi connectivity index (χ3v) is 4.62. The number of rotatable bonds is 5. The van der Waals surface area contributed by atoms with Crippen molar-refractivity contribution in [3.63, 3.8) is 0 Å². The molecule has 2 aromatic rings. The van der Waals surface area contributed by atoms with Gasteiger partial charge >= 0.3 is 5.69 Å². The van der Waals surface area contributed by atoms with Crippen LogP contribution in [0.5, 0.6) is 0 Å². The van der Waals surface area contributed by atoms with E-state index in [4.69, 9.17) is 0 Å². The summed E-state index contributed by atoms with van der Waals surface area (Å²) < 4.78 is 2.26. The van der Waals surface area contributed by atoms with E-state index in [0.29, 0.717) is 5.82 Å². The predicted molar refractivity (Wildman–Crippen MR) is 93.5 cm³/mol. The second-order valence-corrected chi connectivity index (χ2v) is 6.45. The van der Waals surface area contributed by atoms with E-state index in [0.717, 1.165) is 30.5 Å². The van der Waals surface area contributed by atoms with E-state index in [2.05, 4.69) is 15.3 Å². The van der Waals surface area contributed by atoms with E-state index in [9.17, 15) is 19.2 Å². The number of aromatic nitrogens is 4. The molecule has 0 atom stereocenters. The minimum Gasteiger partial charge on any atom is -0.349 e. The van der Waals surface area contributed by atoms with Crippen LogP contribution in [0.3, 0.4) is 0 Å². The monoisotopic (exact) mass is 362 g/mol. The summed E-state index contributed by atoms with van der Waals surface area (Å²) in [6.07, 6.45) is 2.33. The molecule has 2 aromatic heterocycles. The average Bonchev–Trinajstić information content (AvgIpc) is 3.30. The molecule has 2 amide bonds. The zero-order valence-corrected chi connectivity index (χ0v) is 14.9. The Hall–Kier alpha value is -2.91. The minimum atomic E-state index is -0.468. The molecule has 10 heteroatoms. The molecule has 2 N–H and O–H groups in total. The largest absolute Gasteiger partial charge is 0.349 e. The number of nitrogens with zero attached hydrogens (tertiary/aromatic N) is 4. The van der Waals surface area contributed by atoms with Crippen molar-refractivity contribution >= 4 is 23.0 Å². The van der Waals surface area contributed by atoms with Crippen LogP contribution >= 0.6 is 0 Å². The van der Waals surface area contributed by atoms with Crippen molar-refractivity contribution in [1.29, 1.82) is 0 Å². The normalized spacial score (nSPS) is 14.2. The van der Waals surface area contributed by atoms with Gasteiger partial charge in [-0.05, 0) is 12.8 Å². The Morgan fingerprint density at radius 1 is 1.12 bits per heavy atom. The Morgan fingerprint density at radius 2 is 1.81 bits per heavy atom. The number of aromatic amines is 1. The van der Waals surface area contributed by atoms with Gasteiger partial charge in [0, 0.05) is 40.0 Å². The molecule has 1 saturated heterocycles. The molecule has 3 heterocycles. The number of carbonyl (C=O) groups is 2. The van der Waals surface area contributed by atoms with Gasteiger partial charge in [0.25, 0.3) is 5.56 Å². The van der Waals surface area contributed by atoms with Crippen molar-refractivity contribution < 1.29 is 9.59 Å². The number of amides is 2. The SMILES string of the molecule is Cn1c(=O)c2[nH]c(CNC(=O)CCC(=O)N3CCCC3)nc2n(C)c1=O. The molecular formula is C16H22N6O4. The van der Waals surface area contributed by atoms with Crippen molar-refractivity contribution in [3.8, 4) is 0 Å². The first-order valence-electron chi connectivity index (χ1n) is 8.57. The van der Waals surface area contributed by atoms with Gasteiger partial charge < -0.3 is 15.2 Å². The topological polar surface area (TPSA) is 122 Å². The Kier molecular flexibility index (Phi) is 4.92. The van der Waals surface area contributed by atoms with E-state index >= 15 is 0 Å². The summed E-state index contributed by atoms with van der Waals surface area (Å²) in [5.41, 5.74) is -0.482. The van der Waals surface area contributed by atoms with Gasteiger partial charge in [0.15, 0.2) is 5.65 Å². The maximum Gasteiger partial charge on any atom is 0.332 e. The molecule has 140 valence electrons. The molecule has 1 aliphatic heterocycles. The third-order valence-electron chi connectivity index (χ3n) is 4.62. The zero-order valence-electron chi connectivity index (χ0n) is 14.9. The van der Waals surface area contributed by atoms with Crippen molar-refractivity contribution in [1.82, 2.24) is 29.3 Å². The first-order chi connectivity index (χ1) is 12.4. The van der Waals surface area contributed by atoms with Crippen LogP contribution in [0.4, 0.5) is 0 Å². The average molecular weight is 362 g/mol. The summed E-state index contributed by atoms with van der Waals surface area (Å²) in [7, 11) is 2.92. The fourth-order valence-electron chi connectivity index (χ4n) is 3.07. The van der Waals surface area contributed by atoms with Crippen LogP contribution in [0.25, 0.3) is 11.2 Å². The zero-order chi connectivity index (χ0) is 18.8. The van der Waals surface area contributed by atoms with E-state index in [-0.39, 0.29) is 42.4 Å². The molecule has 26 heavy (non-hydrogen) atoms. The van der Waals surface area contributed by atoms with Gasteiger partial charge in [0.1, 0.15) is 11.3 Å². The van der Waals surface area contributed by atoms with Crippen LogP contribution in [0, 0.1) is 0 Å². The lowest BCUT2D eigenvalue weighted by atomic mass is 10.2. The van der Waals surface area contributed by atoms with Crippen LogP contribution < -0.4 is 16.6 Å². The van der Waals surface area contributed by atoms with Gasteiger partial charge in [0.05, 0.1) is 6.54 Å². The van der Waals surface area contributed by atoms with Crippen molar-refractivity contribution in [3.05, 3.63) is 26.7 Å². The second-order valence-electron chi connectivity index (χ2n) is 6.45. The Labute approximate surface area is 148 Å². The number of likely N-dealkylation sites (tertiary alicyclic amines) is 1. The van der Waals surface area contributed by atoms with E-state index in [1.54, 1.807) is 4.90 Å². The Bertz CT molecular complexity index is 964. The van der Waals surface area contributed by atoms with Crippen LogP contribution in [-0.2, 0) is 30.2 Å². The van der Waals surface area contributed by atoms with Gasteiger partial charge in [-0.25, -0.2) is 9.78 Å². The molecule has 0 aliphatic carbocycles. The number of carbonyl (C=O) groups excluding carboxylic acids is 2. The summed E-state index contributed by atoms with van der Waals surface area (Å²) in [4.78, 5) is 56.7. The van der Waals surface area contributed by atoms with E-state index < -0.39 is 11.2 Å². The van der Waals surface area contributed by atoms with Gasteiger partial charge in [-0.1, -0.05) is 0 Å². The molecule has 0 aromatic carbocycles. The lowest BCUT2D eigenvalue weighted by Gasteiger charge is -2.14. The standard InChI is InChI=1S/C16H22N6O4/c1-20-14-13(15(25)21(2)16(20)26)18-10(19-14)9-17-11(23)5-6-12(24)22-7-3-4-8-22/h3-9H2,1-2H3,(H,17,23)(H,18,19). The second kappa shape index (κ2) is 7.14. The molecule has 1 fully saturated rings. The number of fused-ring (bicyclic) bond motifs is 1. The maximum atomic E-state index is 12.1. The number of imidazole rings is 1. The van der Waals surface area contributed by atoms with Crippen molar-refractivity contribution in [2.24, 2.45) is 14.1 Å². The third kappa shape index (κ3) is 3.39. The van der Waals surface area contributed by atoms with Gasteiger partial charge in [-0.3, -0.25) is 23.5 Å². The number of hydrogen-bond donors (Lipinski definition) is 2. The molecule has 0 bridgehead atoms. The fourth-order valence-corrected chi connectivity index (χ4v) is 3.07. The number of aryl methyl sites for hydroxylation is 1. The molecule has 0 radical (unpaired) electrons. The van der Waals surface area contributed by atoms with Crippen LogP contribution in [-0.4, -0.2) is 48.9 Å². The van der Waals surface area contributed by atoms with E-state index in [1.807, 2.05) is 0 Å². The number of H-pyrrole nitrogens is 1. The van der Waals surface area contributed by atoms with Crippen molar-refractivity contribution in [2.45, 2.75) is 32.2 Å². The number of hydrogen-bond acceptors (Lipinski definition) is 5. The highest BCUT2D eigenvalue weighted by Gasteiger charge is 2.19. The highest BCUT2D eigenvalue weighted by Crippen LogP contribution is 2.10. The molecule has 3 rings (SSSR count). The number of nitrogens with one attached hydrogen (secondary N) is 2. The van der Waals surface area contributed by atoms with Crippen molar-refractivity contribution in [2.75, 3.05) is 13.1 Å². The fraction of sp³-hybridized carbons (Fsp3) is 0.562. The molecular weight excluding hydrogens is 340 g/mol. The van der Waals surface area contributed by atoms with Crippen LogP contribution in [0.2, 0.25) is 0 Å². The molecule has 0 spiro atoms. The van der Waals surface area contributed by atoms with Gasteiger partial charge in [-0.2, -0.15) is 0 Å². The molecule has 10 nitrogen and oxygen atoms in total. The van der Waals surface area contributed by atoms with Crippen LogP contribution in [0.1, 0.15) is 31.5 Å². The summed E-state index contributed by atoms with van der Waals surface area (Å²) in [5.74, 6) is 0.109. The highest BCUT2D eigenvalue weighted by molar-refractivity contribution is 5.83. The summed E-state index contributed by atoms with van der Waals surface area (Å²) in [5, 5.41) is 2.67. The first-order valence-corrected chi connectivity index (χ1v) is 8.57. The molecule has 0 unspecified atom stereocenters. The van der Waals surface area contributed by atoms with E-state index in [1.165, 1.54) is 18.7 Å². The van der Waals surface area contributed by atoms with Gasteiger partial charge in [-0.15, -0.1) is 0 Å². The quantitative estimate of drug-likeness (QED) is 0.705. The summed E-state index contributed by atoms with van der Waals surface area (Å²) in [6.45, 7) is 1.63. The highest BCUT2D eigenvalue weighted by atomic mass is 16.2. The first kappa shape index (κ1) is 17.9. The Morgan fingerprint density at radius 3 is 2.50 bits per heavy atom. The smallest absolute Gasteiger partial charge is 0.332 e. The Balaban J connectivity index is 1.61. The maximum absolute atomic E-state index is 12.1. The summed E-state index contributed by atoms with van der Waals surface area (Å²) >= 11 is 0. The predicted octanol–water partition coefficient (Wildman–Crippen LogP) is -1.02. The molecule has 0 saturated carbocycles.